The molecule has 0 aromatic carbocycles. The Bertz CT molecular complexity index is 366. The van der Waals surface area contributed by atoms with Gasteiger partial charge in [-0.2, -0.15) is 0 Å². The average Bonchev–Trinajstić information content (AvgIpc) is 2.62. The smallest absolute Gasteiger partial charge is 0.0312 e. The summed E-state index contributed by atoms with van der Waals surface area (Å²) in [6.07, 6.45) is 6.31. The van der Waals surface area contributed by atoms with E-state index >= 15 is 0 Å². The Kier molecular flexibility index (Phi) is 5.34. The number of hydrogen-bond acceptors (Lipinski definition) is 3. The van der Waals surface area contributed by atoms with E-state index in [1.807, 2.05) is 18.5 Å². The average molecular weight is 261 g/mol. The van der Waals surface area contributed by atoms with Gasteiger partial charge in [-0.05, 0) is 37.4 Å². The molecule has 1 aromatic rings. The maximum atomic E-state index is 4.23. The summed E-state index contributed by atoms with van der Waals surface area (Å²) in [5.41, 5.74) is 1.32. The van der Waals surface area contributed by atoms with Crippen molar-refractivity contribution in [3.63, 3.8) is 0 Å². The van der Waals surface area contributed by atoms with Gasteiger partial charge in [0.15, 0.2) is 0 Å². The van der Waals surface area contributed by atoms with Crippen LogP contribution in [-0.4, -0.2) is 35.1 Å². The van der Waals surface area contributed by atoms with Crippen LogP contribution in [0.15, 0.2) is 24.5 Å². The second kappa shape index (κ2) is 7.01. The molecule has 1 aliphatic heterocycles. The molecule has 3 nitrogen and oxygen atoms in total. The molecule has 0 aliphatic carbocycles. The number of aromatic nitrogens is 1. The molecular weight excluding hydrogens is 234 g/mol. The van der Waals surface area contributed by atoms with Gasteiger partial charge in [0.2, 0.25) is 0 Å². The lowest BCUT2D eigenvalue weighted by Crippen LogP contribution is -2.43. The molecule has 3 heteroatoms. The van der Waals surface area contributed by atoms with Gasteiger partial charge in [-0.1, -0.05) is 26.3 Å². The minimum Gasteiger partial charge on any atom is -0.312 e. The second-order valence-electron chi connectivity index (χ2n) is 5.87. The zero-order valence-electron chi connectivity index (χ0n) is 12.5. The SMILES string of the molecule is CCC(C)C1CN(Cc2cccnc2)C(C)CCN1. The summed E-state index contributed by atoms with van der Waals surface area (Å²) in [5.74, 6) is 0.738. The van der Waals surface area contributed by atoms with E-state index in [0.717, 1.165) is 25.6 Å². The fourth-order valence-electron chi connectivity index (χ4n) is 2.77. The molecule has 106 valence electrons. The van der Waals surface area contributed by atoms with Crippen LogP contribution in [0.4, 0.5) is 0 Å². The highest BCUT2D eigenvalue weighted by atomic mass is 15.2. The third-order valence-electron chi connectivity index (χ3n) is 4.46. The van der Waals surface area contributed by atoms with Gasteiger partial charge in [0.05, 0.1) is 0 Å². The molecule has 19 heavy (non-hydrogen) atoms. The minimum absolute atomic E-state index is 0.617. The predicted octanol–water partition coefficient (Wildman–Crippen LogP) is 2.68. The van der Waals surface area contributed by atoms with Crippen LogP contribution in [-0.2, 0) is 6.54 Å². The summed E-state index contributed by atoms with van der Waals surface area (Å²) < 4.78 is 0. The Hall–Kier alpha value is -0.930. The fraction of sp³-hybridized carbons (Fsp3) is 0.688. The van der Waals surface area contributed by atoms with Gasteiger partial charge in [0.1, 0.15) is 0 Å². The summed E-state index contributed by atoms with van der Waals surface area (Å²) >= 11 is 0. The minimum atomic E-state index is 0.617. The molecule has 1 aromatic heterocycles. The molecule has 1 N–H and O–H groups in total. The summed E-state index contributed by atoms with van der Waals surface area (Å²) in [7, 11) is 0. The maximum absolute atomic E-state index is 4.23. The van der Waals surface area contributed by atoms with Crippen molar-refractivity contribution in [1.29, 1.82) is 0 Å². The van der Waals surface area contributed by atoms with Crippen molar-refractivity contribution >= 4 is 0 Å². The van der Waals surface area contributed by atoms with E-state index in [4.69, 9.17) is 0 Å². The molecule has 1 saturated heterocycles. The number of nitrogens with one attached hydrogen (secondary N) is 1. The molecule has 2 rings (SSSR count). The number of nitrogens with zero attached hydrogens (tertiary/aromatic N) is 2. The Morgan fingerprint density at radius 2 is 2.37 bits per heavy atom. The van der Waals surface area contributed by atoms with Crippen molar-refractivity contribution in [3.05, 3.63) is 30.1 Å². The van der Waals surface area contributed by atoms with E-state index in [-0.39, 0.29) is 0 Å². The molecule has 3 unspecified atom stereocenters. The first-order chi connectivity index (χ1) is 9.20. The molecule has 0 bridgehead atoms. The number of rotatable bonds is 4. The maximum Gasteiger partial charge on any atom is 0.0312 e. The molecular formula is C16H27N3. The van der Waals surface area contributed by atoms with E-state index in [0.29, 0.717) is 12.1 Å². The largest absolute Gasteiger partial charge is 0.312 e. The third kappa shape index (κ3) is 4.02. The summed E-state index contributed by atoms with van der Waals surface area (Å²) in [6.45, 7) is 10.3. The Morgan fingerprint density at radius 3 is 3.05 bits per heavy atom. The van der Waals surface area contributed by atoms with Crippen molar-refractivity contribution < 1.29 is 0 Å². The van der Waals surface area contributed by atoms with Crippen LogP contribution in [0.3, 0.4) is 0 Å². The Balaban J connectivity index is 2.03. The zero-order chi connectivity index (χ0) is 13.7. The molecule has 1 fully saturated rings. The first-order valence-electron chi connectivity index (χ1n) is 7.57. The zero-order valence-corrected chi connectivity index (χ0v) is 12.5. The molecule has 0 saturated carbocycles. The van der Waals surface area contributed by atoms with E-state index in [9.17, 15) is 0 Å². The Morgan fingerprint density at radius 1 is 1.53 bits per heavy atom. The van der Waals surface area contributed by atoms with Crippen molar-refractivity contribution in [2.45, 2.75) is 52.2 Å². The van der Waals surface area contributed by atoms with Crippen molar-refractivity contribution in [2.24, 2.45) is 5.92 Å². The summed E-state index contributed by atoms with van der Waals surface area (Å²) in [4.78, 5) is 6.83. The molecule has 2 heterocycles. The van der Waals surface area contributed by atoms with Crippen molar-refractivity contribution in [1.82, 2.24) is 15.2 Å². The highest BCUT2D eigenvalue weighted by Crippen LogP contribution is 2.18. The van der Waals surface area contributed by atoms with E-state index in [1.54, 1.807) is 0 Å². The first-order valence-corrected chi connectivity index (χ1v) is 7.57. The second-order valence-corrected chi connectivity index (χ2v) is 5.87. The van der Waals surface area contributed by atoms with Crippen LogP contribution < -0.4 is 5.32 Å². The lowest BCUT2D eigenvalue weighted by molar-refractivity contribution is 0.180. The first kappa shape index (κ1) is 14.5. The highest BCUT2D eigenvalue weighted by molar-refractivity contribution is 5.08. The molecule has 1 aliphatic rings. The quantitative estimate of drug-likeness (QED) is 0.903. The van der Waals surface area contributed by atoms with Crippen LogP contribution in [0.5, 0.6) is 0 Å². The van der Waals surface area contributed by atoms with Crippen LogP contribution >= 0.6 is 0 Å². The van der Waals surface area contributed by atoms with Gasteiger partial charge in [0, 0.05) is 37.6 Å². The number of pyridine rings is 1. The molecule has 0 spiro atoms. The van der Waals surface area contributed by atoms with E-state index in [2.05, 4.69) is 42.0 Å². The van der Waals surface area contributed by atoms with Gasteiger partial charge < -0.3 is 5.32 Å². The summed E-state index contributed by atoms with van der Waals surface area (Å²) in [5, 5.41) is 3.72. The monoisotopic (exact) mass is 261 g/mol. The highest BCUT2D eigenvalue weighted by Gasteiger charge is 2.25. The lowest BCUT2D eigenvalue weighted by atomic mass is 9.98. The fourth-order valence-corrected chi connectivity index (χ4v) is 2.77. The lowest BCUT2D eigenvalue weighted by Gasteiger charge is -2.31. The van der Waals surface area contributed by atoms with Crippen LogP contribution in [0.25, 0.3) is 0 Å². The van der Waals surface area contributed by atoms with Gasteiger partial charge in [-0.25, -0.2) is 0 Å². The molecule has 3 atom stereocenters. The van der Waals surface area contributed by atoms with Crippen molar-refractivity contribution in [2.75, 3.05) is 13.1 Å². The normalized spacial score (nSPS) is 26.9. The van der Waals surface area contributed by atoms with E-state index < -0.39 is 0 Å². The van der Waals surface area contributed by atoms with Crippen LogP contribution in [0.2, 0.25) is 0 Å². The topological polar surface area (TPSA) is 28.2 Å². The van der Waals surface area contributed by atoms with Crippen molar-refractivity contribution in [3.8, 4) is 0 Å². The third-order valence-corrected chi connectivity index (χ3v) is 4.46. The molecule has 0 radical (unpaired) electrons. The van der Waals surface area contributed by atoms with Crippen LogP contribution in [0, 0.1) is 5.92 Å². The molecule has 0 amide bonds. The Labute approximate surface area is 117 Å². The predicted molar refractivity (Wildman–Crippen MR) is 80.0 cm³/mol. The standard InChI is InChI=1S/C16H27N3/c1-4-13(2)16-12-19(14(3)7-9-18-16)11-15-6-5-8-17-10-15/h5-6,8,10,13-14,16,18H,4,7,9,11-12H2,1-3H3. The summed E-state index contributed by atoms with van der Waals surface area (Å²) in [6, 6.07) is 5.46. The van der Waals surface area contributed by atoms with E-state index in [1.165, 1.54) is 18.4 Å². The number of hydrogen-bond donors (Lipinski definition) is 1. The van der Waals surface area contributed by atoms with Gasteiger partial charge in [0.25, 0.3) is 0 Å². The van der Waals surface area contributed by atoms with Gasteiger partial charge >= 0.3 is 0 Å². The van der Waals surface area contributed by atoms with Crippen LogP contribution in [0.1, 0.15) is 39.2 Å². The van der Waals surface area contributed by atoms with Gasteiger partial charge in [-0.15, -0.1) is 0 Å². The van der Waals surface area contributed by atoms with Gasteiger partial charge in [-0.3, -0.25) is 9.88 Å².